The molecule has 352 valence electrons. The molecular weight excluding hydrogens is 835 g/mol. The van der Waals surface area contributed by atoms with Gasteiger partial charge in [-0.25, -0.2) is 14.6 Å². The van der Waals surface area contributed by atoms with Crippen LogP contribution in [0, 0.1) is 17.3 Å². The molecule has 1 aromatic heterocycles. The van der Waals surface area contributed by atoms with E-state index in [4.69, 9.17) is 9.72 Å². The van der Waals surface area contributed by atoms with Gasteiger partial charge < -0.3 is 40.1 Å². The Balaban J connectivity index is 0.000000524. The molecule has 14 nitrogen and oxygen atoms in total. The zero-order chi connectivity index (χ0) is 47.1. The Morgan fingerprint density at radius 3 is 2.03 bits per heavy atom. The van der Waals surface area contributed by atoms with E-state index in [1.54, 1.807) is 4.90 Å². The van der Waals surface area contributed by atoms with E-state index in [-0.39, 0.29) is 23.7 Å². The second kappa shape index (κ2) is 21.1. The predicted molar refractivity (Wildman–Crippen MR) is 256 cm³/mol. The fourth-order valence-corrected chi connectivity index (χ4v) is 10.4. The zero-order valence-corrected chi connectivity index (χ0v) is 39.6. The monoisotopic (exact) mass is 902 g/mol. The van der Waals surface area contributed by atoms with E-state index in [1.165, 1.54) is 74.1 Å². The van der Waals surface area contributed by atoms with Crippen LogP contribution in [0.5, 0.6) is 0 Å². The third-order valence-corrected chi connectivity index (χ3v) is 14.1. The van der Waals surface area contributed by atoms with Crippen LogP contribution in [0.15, 0.2) is 66.9 Å². The molecule has 14 heteroatoms. The minimum Gasteiger partial charge on any atom is -0.453 e. The van der Waals surface area contributed by atoms with Crippen LogP contribution in [0.3, 0.4) is 0 Å². The molecule has 8 rings (SSSR count). The number of H-pyrrole nitrogens is 1. The molecule has 3 fully saturated rings. The molecule has 0 bridgehead atoms. The van der Waals surface area contributed by atoms with Crippen molar-refractivity contribution in [3.63, 3.8) is 0 Å². The number of amides is 4. The van der Waals surface area contributed by atoms with Gasteiger partial charge in [0.15, 0.2) is 0 Å². The first-order chi connectivity index (χ1) is 31.7. The molecule has 4 aromatic rings. The second-order valence-corrected chi connectivity index (χ2v) is 19.2. The van der Waals surface area contributed by atoms with Gasteiger partial charge in [0, 0.05) is 12.2 Å². The largest absolute Gasteiger partial charge is 0.453 e. The summed E-state index contributed by atoms with van der Waals surface area (Å²) in [4.78, 5) is 72.6. The number of imidazole rings is 1. The SMILES string of the molecule is COC(=O)NC(C(=O)N1CCCC1C(=O)Nc1cccc(-c2ccc(-c3ccc(-c4cnc(C5CCCN5C)[nH]4)cc3)c3c2CC2(CCCC2)C3)c1)C(C)C.COC(=O)NC(C=O)C(C)C. The van der Waals surface area contributed by atoms with Crippen molar-refractivity contribution in [3.8, 4) is 33.5 Å². The number of rotatable bonds is 12. The Morgan fingerprint density at radius 2 is 1.42 bits per heavy atom. The van der Waals surface area contributed by atoms with Gasteiger partial charge in [0.2, 0.25) is 11.8 Å². The van der Waals surface area contributed by atoms with Crippen LogP contribution in [-0.4, -0.2) is 103 Å². The number of carbonyl (C=O) groups excluding carboxylic acids is 5. The van der Waals surface area contributed by atoms with Crippen molar-refractivity contribution in [2.24, 2.45) is 17.3 Å². The van der Waals surface area contributed by atoms with Crippen LogP contribution >= 0.6 is 0 Å². The third-order valence-electron chi connectivity index (χ3n) is 14.1. The Bertz CT molecular complexity index is 2370. The Kier molecular flexibility index (Phi) is 15.3. The lowest BCUT2D eigenvalue weighted by molar-refractivity contribution is -0.139. The average Bonchev–Trinajstić information content (AvgIpc) is 4.19. The van der Waals surface area contributed by atoms with E-state index in [2.05, 4.69) is 86.1 Å². The summed E-state index contributed by atoms with van der Waals surface area (Å²) in [6, 6.07) is 20.2. The molecule has 2 saturated heterocycles. The van der Waals surface area contributed by atoms with Gasteiger partial charge in [0.1, 0.15) is 24.2 Å². The van der Waals surface area contributed by atoms with Gasteiger partial charge in [-0.05, 0) is 133 Å². The number of nitrogens with one attached hydrogen (secondary N) is 4. The average molecular weight is 902 g/mol. The quantitative estimate of drug-likeness (QED) is 0.101. The number of methoxy groups -OCH3 is 2. The minimum absolute atomic E-state index is 0.0894. The molecule has 1 saturated carbocycles. The maximum absolute atomic E-state index is 13.8. The van der Waals surface area contributed by atoms with Gasteiger partial charge in [-0.15, -0.1) is 0 Å². The highest BCUT2D eigenvalue weighted by atomic mass is 16.5. The van der Waals surface area contributed by atoms with Gasteiger partial charge >= 0.3 is 12.2 Å². The zero-order valence-electron chi connectivity index (χ0n) is 39.6. The van der Waals surface area contributed by atoms with Crippen LogP contribution < -0.4 is 16.0 Å². The highest BCUT2D eigenvalue weighted by Gasteiger charge is 2.42. The van der Waals surface area contributed by atoms with Crippen LogP contribution in [0.1, 0.15) is 102 Å². The third kappa shape index (κ3) is 10.6. The predicted octanol–water partition coefficient (Wildman–Crippen LogP) is 8.71. The van der Waals surface area contributed by atoms with E-state index in [1.807, 2.05) is 46.0 Å². The minimum atomic E-state index is -0.774. The number of aldehydes is 1. The molecule has 3 heterocycles. The van der Waals surface area contributed by atoms with Crippen LogP contribution in [0.4, 0.5) is 15.3 Å². The van der Waals surface area contributed by atoms with Crippen molar-refractivity contribution in [2.75, 3.05) is 39.7 Å². The summed E-state index contributed by atoms with van der Waals surface area (Å²) in [5.41, 5.74) is 10.9. The lowest BCUT2D eigenvalue weighted by atomic mass is 9.82. The number of ether oxygens (including phenoxy) is 2. The smallest absolute Gasteiger partial charge is 0.407 e. The Morgan fingerprint density at radius 1 is 0.788 bits per heavy atom. The van der Waals surface area contributed by atoms with Crippen molar-refractivity contribution in [1.82, 2.24) is 30.4 Å². The van der Waals surface area contributed by atoms with Crippen molar-refractivity contribution < 1.29 is 33.4 Å². The molecule has 1 spiro atoms. The molecule has 4 amide bonds. The van der Waals surface area contributed by atoms with Crippen LogP contribution in [-0.2, 0) is 36.7 Å². The summed E-state index contributed by atoms with van der Waals surface area (Å²) < 4.78 is 9.08. The summed E-state index contributed by atoms with van der Waals surface area (Å²) in [7, 11) is 4.71. The Labute approximate surface area is 389 Å². The van der Waals surface area contributed by atoms with E-state index in [9.17, 15) is 24.0 Å². The molecule has 0 radical (unpaired) electrons. The number of aromatic amines is 1. The number of hydrogen-bond donors (Lipinski definition) is 4. The number of aromatic nitrogens is 2. The first-order valence-corrected chi connectivity index (χ1v) is 23.6. The van der Waals surface area contributed by atoms with Crippen molar-refractivity contribution in [2.45, 2.75) is 116 Å². The molecule has 2 aliphatic carbocycles. The normalized spacial score (nSPS) is 19.5. The lowest BCUT2D eigenvalue weighted by Gasteiger charge is -2.30. The molecule has 2 aliphatic heterocycles. The lowest BCUT2D eigenvalue weighted by Crippen LogP contribution is -2.54. The maximum atomic E-state index is 13.8. The molecular formula is C52H67N7O7. The number of likely N-dealkylation sites (tertiary alicyclic amines) is 2. The summed E-state index contributed by atoms with van der Waals surface area (Å²) in [6.45, 7) is 9.01. The summed E-state index contributed by atoms with van der Waals surface area (Å²) in [5.74, 6) is 0.503. The number of hydrogen-bond acceptors (Lipinski definition) is 9. The topological polar surface area (TPSA) is 175 Å². The first-order valence-electron chi connectivity index (χ1n) is 23.6. The molecule has 3 aromatic carbocycles. The van der Waals surface area contributed by atoms with Gasteiger partial charge in [0.25, 0.3) is 0 Å². The molecule has 4 N–H and O–H groups in total. The number of anilines is 1. The number of carbonyl (C=O) groups is 5. The highest BCUT2D eigenvalue weighted by molar-refractivity contribution is 5.99. The summed E-state index contributed by atoms with van der Waals surface area (Å²) in [5, 5.41) is 8.18. The van der Waals surface area contributed by atoms with Crippen molar-refractivity contribution in [3.05, 3.63) is 83.8 Å². The second-order valence-electron chi connectivity index (χ2n) is 19.2. The Hall–Kier alpha value is -6.02. The van der Waals surface area contributed by atoms with Gasteiger partial charge in [-0.2, -0.15) is 0 Å². The van der Waals surface area contributed by atoms with Gasteiger partial charge in [0.05, 0.1) is 38.2 Å². The van der Waals surface area contributed by atoms with E-state index < -0.39 is 30.3 Å². The van der Waals surface area contributed by atoms with Crippen LogP contribution in [0.25, 0.3) is 33.5 Å². The molecule has 66 heavy (non-hydrogen) atoms. The highest BCUT2D eigenvalue weighted by Crippen LogP contribution is 2.53. The van der Waals surface area contributed by atoms with E-state index in [0.29, 0.717) is 36.4 Å². The van der Waals surface area contributed by atoms with Gasteiger partial charge in [-0.3, -0.25) is 14.5 Å². The summed E-state index contributed by atoms with van der Waals surface area (Å²) in [6.07, 6.45) is 12.3. The number of fused-ring (bicyclic) bond motifs is 1. The number of alkyl carbamates (subject to hydrolysis) is 2. The number of nitrogens with zero attached hydrogens (tertiary/aromatic N) is 3. The van der Waals surface area contributed by atoms with Crippen molar-refractivity contribution in [1.29, 1.82) is 0 Å². The summed E-state index contributed by atoms with van der Waals surface area (Å²) >= 11 is 0. The standard InChI is InChI=1S/C45H54N6O4.C7H13NO3/c1-28(2)40(49-44(54)55-4)43(53)51-23-9-13-39(51)42(52)47-32-11-7-10-31(24-32)34-19-18-33(35-25-45(26-36(34)35)20-5-6-21-45)29-14-16-30(17-15-29)37-27-46-41(48-37)38-12-8-22-50(38)3;1-5(2)6(4-9)8-7(10)11-3/h7,10-11,14-19,24,27-28,38-40H,5-6,8-9,12-13,20-23,25-26H2,1-4H3,(H,46,48)(H,47,52)(H,49,54);4-6H,1-3H3,(H,8,10). The maximum Gasteiger partial charge on any atom is 0.407 e. The number of benzene rings is 3. The van der Waals surface area contributed by atoms with Crippen LogP contribution in [0.2, 0.25) is 0 Å². The molecule has 4 aliphatic rings. The fraction of sp³-hybridized carbons (Fsp3) is 0.500. The first kappa shape index (κ1) is 47.9. The molecule has 4 atom stereocenters. The van der Waals surface area contributed by atoms with E-state index >= 15 is 0 Å². The fourth-order valence-electron chi connectivity index (χ4n) is 10.4. The van der Waals surface area contributed by atoms with Gasteiger partial charge in [-0.1, -0.05) is 89.1 Å². The van der Waals surface area contributed by atoms with E-state index in [0.717, 1.165) is 54.9 Å². The molecule has 4 unspecified atom stereocenters. The van der Waals surface area contributed by atoms with Crippen molar-refractivity contribution >= 4 is 36.0 Å².